The summed E-state index contributed by atoms with van der Waals surface area (Å²) in [5.41, 5.74) is 2.75. The molecule has 1 unspecified atom stereocenters. The Morgan fingerprint density at radius 1 is 1.19 bits per heavy atom. The summed E-state index contributed by atoms with van der Waals surface area (Å²) < 4.78 is 0. The molecule has 0 saturated carbocycles. The highest BCUT2D eigenvalue weighted by atomic mass is 35.5. The Hall–Kier alpha value is -0.730. The highest BCUT2D eigenvalue weighted by Crippen LogP contribution is 2.31. The van der Waals surface area contributed by atoms with Crippen molar-refractivity contribution in [3.8, 4) is 0 Å². The van der Waals surface area contributed by atoms with Crippen LogP contribution in [0.5, 0.6) is 0 Å². The number of anilines is 1. The monoisotopic (exact) mass is 310 g/mol. The average molecular weight is 311 g/mol. The molecule has 1 rings (SSSR count). The molecule has 3 heteroatoms. The lowest BCUT2D eigenvalue weighted by Gasteiger charge is -2.38. The summed E-state index contributed by atoms with van der Waals surface area (Å²) in [6, 6.07) is 6.62. The van der Waals surface area contributed by atoms with Gasteiger partial charge >= 0.3 is 0 Å². The van der Waals surface area contributed by atoms with E-state index in [1.165, 1.54) is 11.3 Å². The van der Waals surface area contributed by atoms with Gasteiger partial charge in [-0.2, -0.15) is 0 Å². The van der Waals surface area contributed by atoms with E-state index in [9.17, 15) is 0 Å². The van der Waals surface area contributed by atoms with Crippen LogP contribution in [0.15, 0.2) is 18.2 Å². The van der Waals surface area contributed by atoms with Crippen LogP contribution in [0, 0.1) is 11.3 Å². The Balaban J connectivity index is 2.96. The minimum Gasteiger partial charge on any atom is -0.371 e. The molecule has 0 aliphatic carbocycles. The fourth-order valence-electron chi connectivity index (χ4n) is 2.30. The third kappa shape index (κ3) is 5.52. The normalized spacial score (nSPS) is 13.6. The fourth-order valence-corrected chi connectivity index (χ4v) is 2.47. The molecule has 1 atom stereocenters. The van der Waals surface area contributed by atoms with Gasteiger partial charge < -0.3 is 10.2 Å². The van der Waals surface area contributed by atoms with Crippen LogP contribution >= 0.6 is 11.6 Å². The standard InChI is InChI=1S/C18H31ClN2/c1-13(2)11-20-12-15-8-9-16(19)10-17(15)21(7)14(3)18(4,5)6/h8-10,13-14,20H,11-12H2,1-7H3. The van der Waals surface area contributed by atoms with Crippen molar-refractivity contribution in [2.75, 3.05) is 18.5 Å². The van der Waals surface area contributed by atoms with Crippen molar-refractivity contribution in [1.29, 1.82) is 0 Å². The van der Waals surface area contributed by atoms with Crippen molar-refractivity contribution in [2.45, 2.75) is 54.1 Å². The minimum atomic E-state index is 0.222. The van der Waals surface area contributed by atoms with Crippen LogP contribution in [0.4, 0.5) is 5.69 Å². The second-order valence-electron chi connectivity index (χ2n) is 7.45. The van der Waals surface area contributed by atoms with E-state index in [1.54, 1.807) is 0 Å². The molecular formula is C18H31ClN2. The summed E-state index contributed by atoms with van der Waals surface area (Å²) in [4.78, 5) is 2.35. The molecule has 0 fully saturated rings. The van der Waals surface area contributed by atoms with Crippen LogP contribution in [0.2, 0.25) is 5.02 Å². The van der Waals surface area contributed by atoms with Crippen LogP contribution in [0.25, 0.3) is 0 Å². The molecule has 21 heavy (non-hydrogen) atoms. The van der Waals surface area contributed by atoms with Crippen molar-refractivity contribution in [2.24, 2.45) is 11.3 Å². The van der Waals surface area contributed by atoms with E-state index in [4.69, 9.17) is 11.6 Å². The lowest BCUT2D eigenvalue weighted by Crippen LogP contribution is -2.40. The van der Waals surface area contributed by atoms with E-state index in [-0.39, 0.29) is 5.41 Å². The largest absolute Gasteiger partial charge is 0.371 e. The number of benzene rings is 1. The quantitative estimate of drug-likeness (QED) is 0.799. The molecule has 1 aromatic rings. The SMILES string of the molecule is CC(C)CNCc1ccc(Cl)cc1N(C)C(C)C(C)(C)C. The molecule has 0 aliphatic heterocycles. The molecule has 0 heterocycles. The maximum atomic E-state index is 6.22. The van der Waals surface area contributed by atoms with E-state index in [0.29, 0.717) is 12.0 Å². The van der Waals surface area contributed by atoms with Crippen molar-refractivity contribution in [3.05, 3.63) is 28.8 Å². The van der Waals surface area contributed by atoms with Gasteiger partial charge in [-0.05, 0) is 42.5 Å². The first-order valence-corrected chi connectivity index (χ1v) is 8.22. The predicted octanol–water partition coefficient (Wildman–Crippen LogP) is 4.96. The lowest BCUT2D eigenvalue weighted by atomic mass is 9.86. The first-order valence-electron chi connectivity index (χ1n) is 7.85. The van der Waals surface area contributed by atoms with Crippen molar-refractivity contribution >= 4 is 17.3 Å². The van der Waals surface area contributed by atoms with Crippen molar-refractivity contribution < 1.29 is 0 Å². The first-order chi connectivity index (χ1) is 9.62. The predicted molar refractivity (Wildman–Crippen MR) is 95.3 cm³/mol. The van der Waals surface area contributed by atoms with Crippen LogP contribution in [0.1, 0.15) is 47.1 Å². The van der Waals surface area contributed by atoms with Crippen LogP contribution in [0.3, 0.4) is 0 Å². The Labute approximate surface area is 135 Å². The number of nitrogens with zero attached hydrogens (tertiary/aromatic N) is 1. The van der Waals surface area contributed by atoms with E-state index >= 15 is 0 Å². The smallest absolute Gasteiger partial charge is 0.0426 e. The van der Waals surface area contributed by atoms with Gasteiger partial charge in [0.25, 0.3) is 0 Å². The van der Waals surface area contributed by atoms with Crippen LogP contribution in [-0.2, 0) is 6.54 Å². The number of rotatable bonds is 6. The second-order valence-corrected chi connectivity index (χ2v) is 7.89. The third-order valence-corrected chi connectivity index (χ3v) is 4.36. The van der Waals surface area contributed by atoms with Gasteiger partial charge in [0.1, 0.15) is 0 Å². The maximum absolute atomic E-state index is 6.22. The maximum Gasteiger partial charge on any atom is 0.0426 e. The van der Waals surface area contributed by atoms with Gasteiger partial charge in [0, 0.05) is 30.3 Å². The van der Waals surface area contributed by atoms with Crippen LogP contribution in [-0.4, -0.2) is 19.6 Å². The molecule has 1 N–H and O–H groups in total. The molecule has 1 aromatic carbocycles. The Morgan fingerprint density at radius 2 is 1.81 bits per heavy atom. The van der Waals surface area contributed by atoms with Gasteiger partial charge in [-0.15, -0.1) is 0 Å². The number of halogens is 1. The average Bonchev–Trinajstić information content (AvgIpc) is 2.37. The van der Waals surface area contributed by atoms with Gasteiger partial charge in [-0.3, -0.25) is 0 Å². The molecule has 0 saturated heterocycles. The van der Waals surface area contributed by atoms with E-state index in [2.05, 4.69) is 70.9 Å². The Kier molecular flexibility index (Phi) is 6.55. The summed E-state index contributed by atoms with van der Waals surface area (Å²) in [7, 11) is 2.16. The summed E-state index contributed by atoms with van der Waals surface area (Å²) in [5.74, 6) is 0.659. The summed E-state index contributed by atoms with van der Waals surface area (Å²) in [6.45, 7) is 15.5. The number of nitrogens with one attached hydrogen (secondary N) is 1. The molecule has 0 radical (unpaired) electrons. The molecule has 2 nitrogen and oxygen atoms in total. The molecular weight excluding hydrogens is 280 g/mol. The highest BCUT2D eigenvalue weighted by molar-refractivity contribution is 6.30. The minimum absolute atomic E-state index is 0.222. The van der Waals surface area contributed by atoms with Crippen LogP contribution < -0.4 is 10.2 Å². The van der Waals surface area contributed by atoms with Crippen molar-refractivity contribution in [3.63, 3.8) is 0 Å². The number of hydrogen-bond acceptors (Lipinski definition) is 2. The molecule has 0 spiro atoms. The summed E-state index contributed by atoms with van der Waals surface area (Å²) >= 11 is 6.22. The molecule has 0 bridgehead atoms. The highest BCUT2D eigenvalue weighted by Gasteiger charge is 2.25. The summed E-state index contributed by atoms with van der Waals surface area (Å²) in [5, 5.41) is 4.32. The van der Waals surface area contributed by atoms with Gasteiger partial charge in [0.2, 0.25) is 0 Å². The summed E-state index contributed by atoms with van der Waals surface area (Å²) in [6.07, 6.45) is 0. The zero-order valence-corrected chi connectivity index (χ0v) is 15.4. The third-order valence-electron chi connectivity index (χ3n) is 4.13. The molecule has 0 aliphatic rings. The van der Waals surface area contributed by atoms with Gasteiger partial charge in [-0.1, -0.05) is 52.3 Å². The zero-order valence-electron chi connectivity index (χ0n) is 14.6. The zero-order chi connectivity index (χ0) is 16.2. The van der Waals surface area contributed by atoms with Gasteiger partial charge in [0.05, 0.1) is 0 Å². The Morgan fingerprint density at radius 3 is 2.33 bits per heavy atom. The topological polar surface area (TPSA) is 15.3 Å². The van der Waals surface area contributed by atoms with E-state index in [0.717, 1.165) is 18.1 Å². The van der Waals surface area contributed by atoms with Gasteiger partial charge in [-0.25, -0.2) is 0 Å². The molecule has 0 aromatic heterocycles. The van der Waals surface area contributed by atoms with E-state index in [1.807, 2.05) is 6.07 Å². The molecule has 120 valence electrons. The lowest BCUT2D eigenvalue weighted by molar-refractivity contribution is 0.329. The fraction of sp³-hybridized carbons (Fsp3) is 0.667. The number of hydrogen-bond donors (Lipinski definition) is 1. The first kappa shape index (κ1) is 18.3. The molecule has 0 amide bonds. The van der Waals surface area contributed by atoms with E-state index < -0.39 is 0 Å². The van der Waals surface area contributed by atoms with Crippen molar-refractivity contribution in [1.82, 2.24) is 5.32 Å². The Bertz CT molecular complexity index is 449. The second kappa shape index (κ2) is 7.51. The van der Waals surface area contributed by atoms with Gasteiger partial charge in [0.15, 0.2) is 0 Å².